The molecule has 0 spiro atoms. The molecule has 4 atom stereocenters. The van der Waals surface area contributed by atoms with Gasteiger partial charge >= 0.3 is 0 Å². The maximum absolute atomic E-state index is 4.70. The average molecular weight is 259 g/mol. The molecule has 104 valence electrons. The van der Waals surface area contributed by atoms with Gasteiger partial charge in [0.05, 0.1) is 5.69 Å². The van der Waals surface area contributed by atoms with Crippen molar-refractivity contribution in [2.45, 2.75) is 64.5 Å². The van der Waals surface area contributed by atoms with Crippen LogP contribution in [0.5, 0.6) is 0 Å². The van der Waals surface area contributed by atoms with E-state index in [-0.39, 0.29) is 0 Å². The molecule has 1 aromatic rings. The van der Waals surface area contributed by atoms with E-state index in [1.807, 2.05) is 0 Å². The molecule has 0 saturated heterocycles. The number of aryl methyl sites for hydroxylation is 1. The molecule has 1 N–H and O–H groups in total. The van der Waals surface area contributed by atoms with E-state index in [2.05, 4.69) is 29.9 Å². The second-order valence-electron chi connectivity index (χ2n) is 7.11. The minimum atomic E-state index is 0.609. The Labute approximate surface area is 115 Å². The van der Waals surface area contributed by atoms with Crippen LogP contribution >= 0.6 is 0 Å². The van der Waals surface area contributed by atoms with E-state index in [1.54, 1.807) is 0 Å². The van der Waals surface area contributed by atoms with E-state index in [0.717, 1.165) is 29.4 Å². The maximum atomic E-state index is 4.70. The Kier molecular flexibility index (Phi) is 2.64. The van der Waals surface area contributed by atoms with Crippen molar-refractivity contribution in [1.82, 2.24) is 9.55 Å². The fourth-order valence-corrected chi connectivity index (χ4v) is 4.43. The number of nitrogens with one attached hydrogen (secondary N) is 1. The van der Waals surface area contributed by atoms with Gasteiger partial charge in [0.2, 0.25) is 5.95 Å². The summed E-state index contributed by atoms with van der Waals surface area (Å²) >= 11 is 0. The summed E-state index contributed by atoms with van der Waals surface area (Å²) in [4.78, 5) is 4.70. The molecule has 4 unspecified atom stereocenters. The van der Waals surface area contributed by atoms with E-state index in [1.165, 1.54) is 38.5 Å². The van der Waals surface area contributed by atoms with Crippen molar-refractivity contribution in [2.75, 3.05) is 5.32 Å². The molecular formula is C16H25N3. The Bertz CT molecular complexity index is 474. The van der Waals surface area contributed by atoms with Crippen LogP contribution in [0.1, 0.15) is 57.2 Å². The van der Waals surface area contributed by atoms with Crippen LogP contribution in [0.4, 0.5) is 5.95 Å². The van der Waals surface area contributed by atoms with Gasteiger partial charge in [0.25, 0.3) is 0 Å². The number of aromatic nitrogens is 2. The molecule has 0 aliphatic heterocycles. The monoisotopic (exact) mass is 259 g/mol. The molecule has 0 amide bonds. The second kappa shape index (κ2) is 4.26. The van der Waals surface area contributed by atoms with E-state index < -0.39 is 0 Å². The predicted octanol–water partition coefficient (Wildman–Crippen LogP) is 3.76. The minimum Gasteiger partial charge on any atom is -0.353 e. The lowest BCUT2D eigenvalue weighted by Crippen LogP contribution is -2.23. The lowest BCUT2D eigenvalue weighted by molar-refractivity contribution is 0.244. The third-order valence-corrected chi connectivity index (χ3v) is 5.61. The number of anilines is 1. The molecule has 1 heterocycles. The first-order chi connectivity index (χ1) is 9.20. The van der Waals surface area contributed by atoms with Gasteiger partial charge in [-0.1, -0.05) is 6.42 Å². The molecule has 2 bridgehead atoms. The summed E-state index contributed by atoms with van der Waals surface area (Å²) in [5, 5.41) is 3.61. The van der Waals surface area contributed by atoms with Crippen molar-refractivity contribution < 1.29 is 0 Å². The molecule has 4 rings (SSSR count). The van der Waals surface area contributed by atoms with Gasteiger partial charge in [-0.3, -0.25) is 0 Å². The maximum Gasteiger partial charge on any atom is 0.203 e. The summed E-state index contributed by atoms with van der Waals surface area (Å²) in [5.74, 6) is 4.01. The average Bonchev–Trinajstić information content (AvgIpc) is 2.84. The van der Waals surface area contributed by atoms with Crippen molar-refractivity contribution in [3.8, 4) is 0 Å². The molecule has 3 heteroatoms. The van der Waals surface area contributed by atoms with Crippen molar-refractivity contribution in [1.29, 1.82) is 0 Å². The van der Waals surface area contributed by atoms with Gasteiger partial charge in [0.1, 0.15) is 0 Å². The second-order valence-corrected chi connectivity index (χ2v) is 7.11. The smallest absolute Gasteiger partial charge is 0.203 e. The summed E-state index contributed by atoms with van der Waals surface area (Å²) < 4.78 is 2.43. The zero-order valence-electron chi connectivity index (χ0n) is 12.1. The van der Waals surface area contributed by atoms with E-state index in [4.69, 9.17) is 4.98 Å². The van der Waals surface area contributed by atoms with Gasteiger partial charge in [-0.15, -0.1) is 0 Å². The summed E-state index contributed by atoms with van der Waals surface area (Å²) in [6.45, 7) is 4.52. The van der Waals surface area contributed by atoms with Gasteiger partial charge in [-0.25, -0.2) is 4.98 Å². The van der Waals surface area contributed by atoms with Crippen molar-refractivity contribution in [3.05, 3.63) is 11.9 Å². The van der Waals surface area contributed by atoms with Crippen LogP contribution in [0, 0.1) is 24.7 Å². The standard InChI is InChI=1S/C16H25N3/c1-10-9-19(16(17-10)18-14-5-6-14)11(2)15-8-12-3-4-13(15)7-12/h9,11-15H,3-8H2,1-2H3,(H,17,18). The predicted molar refractivity (Wildman–Crippen MR) is 77.3 cm³/mol. The van der Waals surface area contributed by atoms with Gasteiger partial charge < -0.3 is 9.88 Å². The zero-order chi connectivity index (χ0) is 13.0. The van der Waals surface area contributed by atoms with Crippen molar-refractivity contribution >= 4 is 5.95 Å². The molecule has 3 aliphatic carbocycles. The quantitative estimate of drug-likeness (QED) is 0.892. The fraction of sp³-hybridized carbons (Fsp3) is 0.812. The molecule has 3 saturated carbocycles. The van der Waals surface area contributed by atoms with Crippen LogP contribution in [-0.4, -0.2) is 15.6 Å². The summed E-state index contributed by atoms with van der Waals surface area (Å²) in [6.07, 6.45) is 10.8. The first kappa shape index (κ1) is 11.8. The normalized spacial score (nSPS) is 34.7. The molecule has 3 aliphatic rings. The first-order valence-electron chi connectivity index (χ1n) is 8.02. The zero-order valence-corrected chi connectivity index (χ0v) is 12.1. The van der Waals surface area contributed by atoms with Crippen LogP contribution in [0.25, 0.3) is 0 Å². The van der Waals surface area contributed by atoms with Gasteiger partial charge in [0.15, 0.2) is 0 Å². The van der Waals surface area contributed by atoms with Gasteiger partial charge in [-0.2, -0.15) is 0 Å². The lowest BCUT2D eigenvalue weighted by atomic mass is 9.84. The molecule has 3 nitrogen and oxygen atoms in total. The van der Waals surface area contributed by atoms with Gasteiger partial charge in [-0.05, 0) is 63.7 Å². The molecule has 3 fully saturated rings. The highest BCUT2D eigenvalue weighted by Crippen LogP contribution is 2.52. The van der Waals surface area contributed by atoms with Gasteiger partial charge in [0, 0.05) is 18.3 Å². The van der Waals surface area contributed by atoms with Crippen LogP contribution < -0.4 is 5.32 Å². The van der Waals surface area contributed by atoms with Crippen LogP contribution in [0.2, 0.25) is 0 Å². The molecule has 1 aromatic heterocycles. The SMILES string of the molecule is Cc1cn(C(C)C2CC3CCC2C3)c(NC2CC2)n1. The number of imidazole rings is 1. The van der Waals surface area contributed by atoms with E-state index >= 15 is 0 Å². The highest BCUT2D eigenvalue weighted by molar-refractivity contribution is 5.33. The van der Waals surface area contributed by atoms with Crippen LogP contribution in [0.3, 0.4) is 0 Å². The van der Waals surface area contributed by atoms with Crippen molar-refractivity contribution in [2.24, 2.45) is 17.8 Å². The molecular weight excluding hydrogens is 234 g/mol. The number of fused-ring (bicyclic) bond motifs is 2. The van der Waals surface area contributed by atoms with Crippen LogP contribution in [-0.2, 0) is 0 Å². The summed E-state index contributed by atoms with van der Waals surface area (Å²) in [6, 6.07) is 1.30. The minimum absolute atomic E-state index is 0.609. The highest BCUT2D eigenvalue weighted by Gasteiger charge is 2.42. The molecule has 0 aromatic carbocycles. The number of nitrogens with zero attached hydrogens (tertiary/aromatic N) is 2. The third kappa shape index (κ3) is 2.07. The fourth-order valence-electron chi connectivity index (χ4n) is 4.43. The molecule has 19 heavy (non-hydrogen) atoms. The Hall–Kier alpha value is -0.990. The highest BCUT2D eigenvalue weighted by atomic mass is 15.2. The Morgan fingerprint density at radius 3 is 2.74 bits per heavy atom. The Morgan fingerprint density at radius 2 is 2.11 bits per heavy atom. The van der Waals surface area contributed by atoms with E-state index in [9.17, 15) is 0 Å². The Balaban J connectivity index is 1.56. The number of hydrogen-bond donors (Lipinski definition) is 1. The largest absolute Gasteiger partial charge is 0.353 e. The third-order valence-electron chi connectivity index (χ3n) is 5.61. The Morgan fingerprint density at radius 1 is 1.26 bits per heavy atom. The van der Waals surface area contributed by atoms with E-state index in [0.29, 0.717) is 12.1 Å². The first-order valence-corrected chi connectivity index (χ1v) is 8.02. The summed E-state index contributed by atoms with van der Waals surface area (Å²) in [7, 11) is 0. The number of rotatable bonds is 4. The lowest BCUT2D eigenvalue weighted by Gasteiger charge is -2.29. The van der Waals surface area contributed by atoms with Crippen molar-refractivity contribution in [3.63, 3.8) is 0 Å². The van der Waals surface area contributed by atoms with Crippen LogP contribution in [0.15, 0.2) is 6.20 Å². The summed E-state index contributed by atoms with van der Waals surface area (Å²) in [5.41, 5.74) is 1.15. The topological polar surface area (TPSA) is 29.9 Å². The number of hydrogen-bond acceptors (Lipinski definition) is 2. The molecule has 0 radical (unpaired) electrons.